The van der Waals surface area contributed by atoms with Crippen LogP contribution in [0.1, 0.15) is 41.4 Å². The van der Waals surface area contributed by atoms with Gasteiger partial charge >= 0.3 is 11.9 Å². The number of carboxylic acids is 2. The third-order valence-corrected chi connectivity index (χ3v) is 5.43. The predicted molar refractivity (Wildman–Crippen MR) is 129 cm³/mol. The molecule has 9 nitrogen and oxygen atoms in total. The van der Waals surface area contributed by atoms with E-state index in [-0.39, 0.29) is 27.9 Å². The minimum Gasteiger partial charge on any atom is -0.478 e. The summed E-state index contributed by atoms with van der Waals surface area (Å²) in [6.07, 6.45) is 1.16. The van der Waals surface area contributed by atoms with Crippen molar-refractivity contribution in [2.75, 3.05) is 11.6 Å². The molecule has 186 valence electrons. The zero-order valence-corrected chi connectivity index (χ0v) is 19.3. The van der Waals surface area contributed by atoms with Gasteiger partial charge in [-0.2, -0.15) is 0 Å². The van der Waals surface area contributed by atoms with Gasteiger partial charge in [-0.25, -0.2) is 22.6 Å². The third kappa shape index (κ3) is 5.91. The number of benzene rings is 3. The Morgan fingerprint density at radius 3 is 1.94 bits per heavy atom. The van der Waals surface area contributed by atoms with Gasteiger partial charge in [-0.15, -0.1) is 0 Å². The molecule has 36 heavy (non-hydrogen) atoms. The van der Waals surface area contributed by atoms with Crippen molar-refractivity contribution in [2.24, 2.45) is 0 Å². The highest BCUT2D eigenvalue weighted by Crippen LogP contribution is 2.28. The number of rotatable bonds is 7. The Balaban J connectivity index is 2.06. The quantitative estimate of drug-likeness (QED) is 0.352. The molecule has 0 aliphatic carbocycles. The molecule has 0 heterocycles. The molecule has 0 aliphatic heterocycles. The molecule has 0 radical (unpaired) electrons. The van der Waals surface area contributed by atoms with Crippen LogP contribution in [0.4, 0.5) is 14.5 Å². The summed E-state index contributed by atoms with van der Waals surface area (Å²) in [5.41, 5.74) is -1.41. The fraction of sp³-hybridized carbons (Fsp3) is 0.0417. The van der Waals surface area contributed by atoms with Crippen LogP contribution in [0.5, 0.6) is 0 Å². The number of amides is 2. The lowest BCUT2D eigenvalue weighted by Crippen LogP contribution is -2.29. The summed E-state index contributed by atoms with van der Waals surface area (Å²) in [5.74, 6) is -3.82. The Labute approximate surface area is 203 Å². The summed E-state index contributed by atoms with van der Waals surface area (Å²) >= 11 is 0. The highest BCUT2D eigenvalue weighted by Gasteiger charge is 2.22. The molecule has 0 saturated carbocycles. The number of anilines is 1. The largest absolute Gasteiger partial charge is 0.478 e. The van der Waals surface area contributed by atoms with Crippen LogP contribution in [0.2, 0.25) is 0 Å². The van der Waals surface area contributed by atoms with Gasteiger partial charge < -0.3 is 15.5 Å². The summed E-state index contributed by atoms with van der Waals surface area (Å²) in [4.78, 5) is 48.7. The van der Waals surface area contributed by atoms with Gasteiger partial charge in [0.15, 0.2) is 11.6 Å². The maximum Gasteiger partial charge on any atom is 0.337 e. The minimum atomic E-state index is -2.96. The Kier molecular flexibility index (Phi) is 7.20. The molecule has 0 fully saturated rings. The first-order chi connectivity index (χ1) is 16.8. The lowest BCUT2D eigenvalue weighted by molar-refractivity contribution is 0.0684. The SMILES string of the molecule is C=S(C)(=O)NC(=O)c1ccc(C(=O)O)c(C(=O)Nc2cc(-c3ccc(F)c(F)c3)ccc2C(=O)O)c1. The van der Waals surface area contributed by atoms with Crippen molar-refractivity contribution in [3.05, 3.63) is 88.5 Å². The maximum atomic E-state index is 13.7. The van der Waals surface area contributed by atoms with Crippen LogP contribution in [0.15, 0.2) is 54.6 Å². The normalized spacial score (nSPS) is 12.3. The van der Waals surface area contributed by atoms with Crippen molar-refractivity contribution in [1.29, 1.82) is 0 Å². The van der Waals surface area contributed by atoms with E-state index in [2.05, 4.69) is 15.9 Å². The standard InChI is InChI=1S/C24H18F2N2O7S/c1-36(2,35)28-21(29)14-4-6-15(23(31)32)17(9-14)22(30)27-20-11-13(3-7-16(20)24(33)34)12-5-8-18(25)19(26)10-12/h3-11H,1H2,2H3,(H,27,30)(H,31,32)(H,33,34)(H,28,29,35). The van der Waals surface area contributed by atoms with Gasteiger partial charge in [-0.3, -0.25) is 14.3 Å². The Morgan fingerprint density at radius 2 is 1.36 bits per heavy atom. The first-order valence-electron chi connectivity index (χ1n) is 9.92. The van der Waals surface area contributed by atoms with Crippen LogP contribution in [0, 0.1) is 11.6 Å². The van der Waals surface area contributed by atoms with Gasteiger partial charge in [0.25, 0.3) is 11.8 Å². The maximum absolute atomic E-state index is 13.7. The molecule has 3 aromatic rings. The molecule has 3 rings (SSSR count). The molecule has 3 aromatic carbocycles. The second kappa shape index (κ2) is 9.96. The van der Waals surface area contributed by atoms with Crippen molar-refractivity contribution < 1.29 is 42.4 Å². The topological polar surface area (TPSA) is 150 Å². The number of halogens is 2. The van der Waals surface area contributed by atoms with Crippen LogP contribution < -0.4 is 10.0 Å². The fourth-order valence-electron chi connectivity index (χ4n) is 3.19. The summed E-state index contributed by atoms with van der Waals surface area (Å²) < 4.78 is 40.9. The van der Waals surface area contributed by atoms with E-state index in [9.17, 15) is 42.4 Å². The lowest BCUT2D eigenvalue weighted by atomic mass is 10.0. The van der Waals surface area contributed by atoms with Gasteiger partial charge in [0.1, 0.15) is 0 Å². The van der Waals surface area contributed by atoms with Crippen molar-refractivity contribution in [3.63, 3.8) is 0 Å². The average molecular weight is 516 g/mol. The van der Waals surface area contributed by atoms with Crippen molar-refractivity contribution in [1.82, 2.24) is 4.72 Å². The van der Waals surface area contributed by atoms with Crippen LogP contribution in [0.25, 0.3) is 11.1 Å². The molecule has 2 amide bonds. The third-order valence-electron chi connectivity index (χ3n) is 4.82. The van der Waals surface area contributed by atoms with Gasteiger partial charge in [0.2, 0.25) is 0 Å². The summed E-state index contributed by atoms with van der Waals surface area (Å²) in [6.45, 7) is 0. The van der Waals surface area contributed by atoms with E-state index in [1.165, 1.54) is 18.2 Å². The fourth-order valence-corrected chi connectivity index (χ4v) is 3.70. The Morgan fingerprint density at radius 1 is 0.778 bits per heavy atom. The molecule has 4 N–H and O–H groups in total. The number of aromatic carboxylic acids is 2. The molecule has 1 atom stereocenters. The van der Waals surface area contributed by atoms with Crippen molar-refractivity contribution >= 4 is 45.0 Å². The van der Waals surface area contributed by atoms with Crippen molar-refractivity contribution in [2.45, 2.75) is 0 Å². The second-order valence-electron chi connectivity index (χ2n) is 7.65. The van der Waals surface area contributed by atoms with E-state index in [1.54, 1.807) is 0 Å². The van der Waals surface area contributed by atoms with E-state index < -0.39 is 56.2 Å². The molecular formula is C24H18F2N2O7S. The van der Waals surface area contributed by atoms with E-state index in [0.29, 0.717) is 0 Å². The first kappa shape index (κ1) is 26.0. The number of hydrogen-bond donors (Lipinski definition) is 4. The van der Waals surface area contributed by atoms with Gasteiger partial charge in [-0.05, 0) is 59.5 Å². The molecule has 0 saturated heterocycles. The van der Waals surface area contributed by atoms with Crippen LogP contribution in [-0.2, 0) is 9.71 Å². The van der Waals surface area contributed by atoms with E-state index in [1.807, 2.05) is 0 Å². The Bertz CT molecular complexity index is 1540. The second-order valence-corrected chi connectivity index (χ2v) is 9.86. The summed E-state index contributed by atoms with van der Waals surface area (Å²) in [6, 6.07) is 9.69. The monoisotopic (exact) mass is 516 g/mol. The first-order valence-corrected chi connectivity index (χ1v) is 12.1. The summed E-state index contributed by atoms with van der Waals surface area (Å²) in [7, 11) is -2.96. The van der Waals surface area contributed by atoms with E-state index in [4.69, 9.17) is 0 Å². The van der Waals surface area contributed by atoms with Gasteiger partial charge in [-0.1, -0.05) is 12.1 Å². The number of carbonyl (C=O) groups excluding carboxylic acids is 2. The zero-order chi connectivity index (χ0) is 26.8. The smallest absolute Gasteiger partial charge is 0.337 e. The van der Waals surface area contributed by atoms with Crippen LogP contribution >= 0.6 is 0 Å². The van der Waals surface area contributed by atoms with Gasteiger partial charge in [0, 0.05) is 21.5 Å². The number of carboxylic acid groups (broad SMARTS) is 2. The molecule has 0 spiro atoms. The average Bonchev–Trinajstić information content (AvgIpc) is 2.79. The predicted octanol–water partition coefficient (Wildman–Crippen LogP) is 3.27. The minimum absolute atomic E-state index is 0.183. The zero-order valence-electron chi connectivity index (χ0n) is 18.5. The molecule has 12 heteroatoms. The van der Waals surface area contributed by atoms with E-state index >= 15 is 0 Å². The molecule has 0 aromatic heterocycles. The molecular weight excluding hydrogens is 498 g/mol. The molecule has 0 aliphatic rings. The van der Waals surface area contributed by atoms with E-state index in [0.717, 1.165) is 42.7 Å². The van der Waals surface area contributed by atoms with Crippen molar-refractivity contribution in [3.8, 4) is 11.1 Å². The number of hydrogen-bond acceptors (Lipinski definition) is 5. The number of carbonyl (C=O) groups is 4. The van der Waals surface area contributed by atoms with Crippen LogP contribution in [-0.4, -0.2) is 50.3 Å². The highest BCUT2D eigenvalue weighted by atomic mass is 32.2. The molecule has 1 unspecified atom stereocenters. The van der Waals surface area contributed by atoms with Gasteiger partial charge in [0.05, 0.1) is 22.4 Å². The Hall–Kier alpha value is -4.58. The highest BCUT2D eigenvalue weighted by molar-refractivity contribution is 7.98. The number of nitrogens with one attached hydrogen (secondary N) is 2. The molecule has 0 bridgehead atoms. The lowest BCUT2D eigenvalue weighted by Gasteiger charge is -2.14. The summed E-state index contributed by atoms with van der Waals surface area (Å²) in [5, 5.41) is 21.3. The van der Waals surface area contributed by atoms with Crippen LogP contribution in [0.3, 0.4) is 0 Å².